The van der Waals surface area contributed by atoms with Gasteiger partial charge in [-0.3, -0.25) is 0 Å². The van der Waals surface area contributed by atoms with Gasteiger partial charge in [-0.15, -0.1) is 0 Å². The van der Waals surface area contributed by atoms with Crippen LogP contribution in [0.4, 0.5) is 0 Å². The predicted molar refractivity (Wildman–Crippen MR) is 447 cm³/mol. The minimum absolute atomic E-state index is 0.319. The van der Waals surface area contributed by atoms with E-state index in [0.717, 1.165) is 71.9 Å². The number of unbranched alkanes of at least 4 members (excludes halogenated alkanes) is 20. The average molecular weight is 1460 g/mol. The van der Waals surface area contributed by atoms with Crippen molar-refractivity contribution in [2.24, 2.45) is 5.41 Å². The zero-order valence-corrected chi connectivity index (χ0v) is 73.0. The molecule has 0 heterocycles. The van der Waals surface area contributed by atoms with Crippen LogP contribution in [0.3, 0.4) is 0 Å². The van der Waals surface area contributed by atoms with E-state index in [0.29, 0.717) is 17.2 Å². The molecule has 0 saturated heterocycles. The molecule has 8 nitrogen and oxygen atoms in total. The number of rotatable bonds is 33. The van der Waals surface area contributed by atoms with Gasteiger partial charge in [0, 0.05) is 10.8 Å². The van der Waals surface area contributed by atoms with E-state index in [4.69, 9.17) is 19.6 Å². The molecule has 0 fully saturated rings. The number of hydrogen-bond acceptors (Lipinski definition) is 8. The van der Waals surface area contributed by atoms with E-state index in [1.54, 1.807) is 0 Å². The van der Waals surface area contributed by atoms with Crippen LogP contribution in [0, 0.1) is 40.0 Å². The van der Waals surface area contributed by atoms with Crippen molar-refractivity contribution in [3.8, 4) is 17.2 Å². The lowest BCUT2D eigenvalue weighted by atomic mass is 9.37. The van der Waals surface area contributed by atoms with E-state index in [1.807, 2.05) is 0 Å². The summed E-state index contributed by atoms with van der Waals surface area (Å²) in [5.41, 5.74) is 15.2. The molecular formula is C93H152O8P2. The van der Waals surface area contributed by atoms with Crippen LogP contribution in [-0.4, -0.2) is 34.9 Å². The molecule has 582 valence electrons. The highest BCUT2D eigenvalue weighted by Crippen LogP contribution is 2.72. The van der Waals surface area contributed by atoms with E-state index in [-0.39, 0.29) is 21.7 Å². The molecule has 10 heteroatoms. The molecule has 1 atom stereocenters. The van der Waals surface area contributed by atoms with Crippen molar-refractivity contribution in [1.29, 1.82) is 0 Å². The number of aryl methyl sites for hydroxylation is 5. The molecule has 0 aliphatic heterocycles. The van der Waals surface area contributed by atoms with Gasteiger partial charge in [0.05, 0.1) is 5.41 Å². The lowest BCUT2D eigenvalue weighted by molar-refractivity contribution is 0.0507. The summed E-state index contributed by atoms with van der Waals surface area (Å²) in [4.78, 5) is 31.3. The molecule has 5 aromatic carbocycles. The van der Waals surface area contributed by atoms with Crippen molar-refractivity contribution in [3.63, 3.8) is 0 Å². The van der Waals surface area contributed by atoms with E-state index >= 15 is 0 Å². The van der Waals surface area contributed by atoms with Crippen LogP contribution in [0.2, 0.25) is 0 Å². The van der Waals surface area contributed by atoms with Crippen molar-refractivity contribution >= 4 is 17.2 Å². The lowest BCUT2D eigenvalue weighted by Gasteiger charge is -2.65. The van der Waals surface area contributed by atoms with Gasteiger partial charge >= 0.3 is 17.2 Å². The maximum absolute atomic E-state index is 12.9. The molecule has 1 unspecified atom stereocenters. The molecule has 103 heavy (non-hydrogen) atoms. The summed E-state index contributed by atoms with van der Waals surface area (Å²) < 4.78 is 3.60. The van der Waals surface area contributed by atoms with Gasteiger partial charge in [-0.05, 0) is 187 Å². The van der Waals surface area contributed by atoms with Crippen molar-refractivity contribution in [2.75, 3.05) is 0 Å². The van der Waals surface area contributed by atoms with Gasteiger partial charge in [-0.1, -0.05) is 361 Å². The molecular weight excluding hydrogens is 1310 g/mol. The van der Waals surface area contributed by atoms with Crippen LogP contribution in [0.1, 0.15) is 415 Å². The van der Waals surface area contributed by atoms with Crippen LogP contribution < -0.4 is 0 Å². The van der Waals surface area contributed by atoms with Gasteiger partial charge in [0.2, 0.25) is 0 Å². The van der Waals surface area contributed by atoms with Gasteiger partial charge in [0.15, 0.2) is 0 Å². The highest BCUT2D eigenvalue weighted by molar-refractivity contribution is 7.53. The first kappa shape index (κ1) is 91.5. The van der Waals surface area contributed by atoms with Crippen molar-refractivity contribution < 1.29 is 39.2 Å². The Bertz CT molecular complexity index is 3310. The minimum atomic E-state index is -2.61. The van der Waals surface area contributed by atoms with Crippen LogP contribution in [-0.2, 0) is 53.0 Å². The summed E-state index contributed by atoms with van der Waals surface area (Å²) in [6.07, 6.45) is 29.1. The normalized spacial score (nSPS) is 13.9. The Morgan fingerprint density at radius 1 is 0.272 bits per heavy atom. The Labute approximate surface area is 634 Å². The first-order valence-corrected chi connectivity index (χ1v) is 42.6. The van der Waals surface area contributed by atoms with Crippen LogP contribution in [0.15, 0.2) is 60.7 Å². The Morgan fingerprint density at radius 2 is 0.495 bits per heavy atom. The van der Waals surface area contributed by atoms with Crippen molar-refractivity contribution in [2.45, 2.75) is 404 Å². The number of hydrogen-bond donors (Lipinski definition) is 7. The predicted octanol–water partition coefficient (Wildman–Crippen LogP) is 27.6. The molecule has 0 amide bonds. The standard InChI is InChI=1S/C93H148O3.H4O5P2/c1-30-32-34-36-38-40-42-44-46-48-50-52-92(53-51-49-47-45-43-41-39-37-35-33-31-2,91(29,69-61-72(84(8,9)10)79(94)58-66(69)5)82-75(87(17,18)19)54-64(3)55-76(82)88(20,21)22)93(70-62-73(85(11,12)13)80(95)59-67(70)6,71-63-74(86(14,15)16)81(96)60-68(71)7)83-77(89(23,24)25)56-65(4)57-78(83)90(26,27)28;1-6(2)5-7(3)4/h54-63,94-96H,30-53H2,1-29H3;1-4H. The summed E-state index contributed by atoms with van der Waals surface area (Å²) in [6, 6.07) is 24.4. The maximum atomic E-state index is 12.9. The molecule has 0 aromatic heterocycles. The first-order valence-electron chi connectivity index (χ1n) is 40.2. The molecule has 7 N–H and O–H groups in total. The van der Waals surface area contributed by atoms with E-state index in [2.05, 4.69) is 266 Å². The number of phenols is 3. The molecule has 5 rings (SSSR count). The van der Waals surface area contributed by atoms with E-state index < -0.39 is 49.7 Å². The second-order valence-electron chi connectivity index (χ2n) is 38.9. The quantitative estimate of drug-likeness (QED) is 0.0125. The second kappa shape index (κ2) is 37.5. The summed E-state index contributed by atoms with van der Waals surface area (Å²) in [5, 5.41) is 38.7. The van der Waals surface area contributed by atoms with Gasteiger partial charge in [0.1, 0.15) is 17.2 Å². The summed E-state index contributed by atoms with van der Waals surface area (Å²) in [7, 11) is -5.22. The van der Waals surface area contributed by atoms with Crippen molar-refractivity contribution in [3.05, 3.63) is 155 Å². The molecule has 0 radical (unpaired) electrons. The third-order valence-corrected chi connectivity index (χ3v) is 23.9. The topological polar surface area (TPSA) is 151 Å². The SMILES string of the molecule is CCCCCCCCCCCCCC(CCCCCCCCCCCCC)(C(C)(c1cc(C(C)(C)C)c(O)cc1C)c1c(C(C)(C)C)cc(C)cc1C(C)(C)C)C(c1cc(C(C)(C)C)c(O)cc1C)(c1cc(C(C)(C)C)c(O)cc1C)c1c(C(C)(C)C)cc(C)cc1C(C)(C)C.OP(O)OP(O)O. The van der Waals surface area contributed by atoms with Crippen LogP contribution in [0.25, 0.3) is 0 Å². The minimum Gasteiger partial charge on any atom is -0.508 e. The first-order chi connectivity index (χ1) is 47.3. The van der Waals surface area contributed by atoms with E-state index in [9.17, 15) is 15.3 Å². The number of aromatic hydroxyl groups is 3. The van der Waals surface area contributed by atoms with Gasteiger partial charge in [-0.2, -0.15) is 0 Å². The zero-order chi connectivity index (χ0) is 78.5. The third-order valence-electron chi connectivity index (χ3n) is 22.7. The van der Waals surface area contributed by atoms with Crippen LogP contribution >= 0.6 is 17.2 Å². The number of phenolic OH excluding ortho intramolecular Hbond substituents is 3. The Kier molecular flexibility index (Phi) is 33.3. The van der Waals surface area contributed by atoms with Crippen molar-refractivity contribution in [1.82, 2.24) is 0 Å². The lowest BCUT2D eigenvalue weighted by Crippen LogP contribution is -2.61. The fourth-order valence-electron chi connectivity index (χ4n) is 17.5. The summed E-state index contributed by atoms with van der Waals surface area (Å²) >= 11 is 0. The average Bonchev–Trinajstić information content (AvgIpc) is 0.658. The summed E-state index contributed by atoms with van der Waals surface area (Å²) in [6.45, 7) is 69.4. The van der Waals surface area contributed by atoms with Gasteiger partial charge < -0.3 is 34.9 Å². The zero-order valence-electron chi connectivity index (χ0n) is 71.2. The summed E-state index contributed by atoms with van der Waals surface area (Å²) in [5.74, 6) is 1.03. The van der Waals surface area contributed by atoms with Gasteiger partial charge in [0.25, 0.3) is 0 Å². The highest BCUT2D eigenvalue weighted by atomic mass is 31.2. The molecule has 0 spiro atoms. The fourth-order valence-corrected chi connectivity index (χ4v) is 18.1. The van der Waals surface area contributed by atoms with Gasteiger partial charge in [-0.25, -0.2) is 4.31 Å². The fraction of sp³-hybridized carbons (Fsp3) is 0.677. The molecule has 0 saturated carbocycles. The molecule has 0 aliphatic carbocycles. The molecule has 0 bridgehead atoms. The largest absolute Gasteiger partial charge is 0.508 e. The monoisotopic (exact) mass is 1460 g/mol. The Balaban J connectivity index is 0.00000304. The third kappa shape index (κ3) is 23.1. The number of benzene rings is 5. The maximum Gasteiger partial charge on any atom is 0.334 e. The highest BCUT2D eigenvalue weighted by Gasteiger charge is 2.67. The molecule has 5 aromatic rings. The Hall–Kier alpha value is -3.84. The molecule has 0 aliphatic rings. The van der Waals surface area contributed by atoms with Crippen LogP contribution in [0.5, 0.6) is 17.2 Å². The smallest absolute Gasteiger partial charge is 0.334 e. The Morgan fingerprint density at radius 3 is 0.728 bits per heavy atom. The second-order valence-corrected chi connectivity index (χ2v) is 40.6. The van der Waals surface area contributed by atoms with E-state index in [1.165, 1.54) is 177 Å².